The Hall–Kier alpha value is -4.21. The number of pyridine rings is 1. The molecule has 1 aromatic carbocycles. The van der Waals surface area contributed by atoms with Gasteiger partial charge in [0.25, 0.3) is 5.56 Å². The number of hydrogen-bond acceptors (Lipinski definition) is 7. The van der Waals surface area contributed by atoms with Gasteiger partial charge in [-0.15, -0.1) is 0 Å². The average molecular weight is 495 g/mol. The highest BCUT2D eigenvalue weighted by Crippen LogP contribution is 2.09. The summed E-state index contributed by atoms with van der Waals surface area (Å²) in [6.45, 7) is 5.73. The number of aromatic nitrogens is 3. The first kappa shape index (κ1) is 26.4. The van der Waals surface area contributed by atoms with Crippen molar-refractivity contribution in [1.82, 2.24) is 19.4 Å². The van der Waals surface area contributed by atoms with E-state index in [9.17, 15) is 19.2 Å². The van der Waals surface area contributed by atoms with Crippen LogP contribution in [0.1, 0.15) is 30.7 Å². The van der Waals surface area contributed by atoms with Gasteiger partial charge in [0.05, 0.1) is 6.61 Å². The molecule has 0 fully saturated rings. The maximum atomic E-state index is 12.7. The highest BCUT2D eigenvalue weighted by molar-refractivity contribution is 5.81. The van der Waals surface area contributed by atoms with Crippen LogP contribution in [0.15, 0.2) is 64.3 Å². The lowest BCUT2D eigenvalue weighted by molar-refractivity contribution is -0.147. The fraction of sp³-hybridized carbons (Fsp3) is 0.346. The van der Waals surface area contributed by atoms with E-state index in [1.807, 2.05) is 44.2 Å². The van der Waals surface area contributed by atoms with Crippen LogP contribution in [0.4, 0.5) is 4.79 Å². The molecule has 10 nitrogen and oxygen atoms in total. The Balaban J connectivity index is 1.75. The minimum absolute atomic E-state index is 0.0525. The van der Waals surface area contributed by atoms with Crippen LogP contribution in [0.3, 0.4) is 0 Å². The van der Waals surface area contributed by atoms with Crippen LogP contribution < -0.4 is 16.6 Å². The molecule has 10 heteroatoms. The van der Waals surface area contributed by atoms with Gasteiger partial charge < -0.3 is 19.4 Å². The Labute approximate surface area is 208 Å². The number of nitrogens with one attached hydrogen (secondary N) is 1. The van der Waals surface area contributed by atoms with Gasteiger partial charge in [-0.1, -0.05) is 50.2 Å². The van der Waals surface area contributed by atoms with Crippen LogP contribution in [0.2, 0.25) is 0 Å². The smallest absolute Gasteiger partial charge is 0.408 e. The summed E-state index contributed by atoms with van der Waals surface area (Å²) in [5, 5.41) is 2.57. The Morgan fingerprint density at radius 1 is 1.03 bits per heavy atom. The van der Waals surface area contributed by atoms with Crippen LogP contribution in [0.25, 0.3) is 5.82 Å². The molecule has 0 unspecified atom stereocenters. The number of rotatable bonds is 9. The van der Waals surface area contributed by atoms with E-state index in [2.05, 4.69) is 10.3 Å². The first-order chi connectivity index (χ1) is 17.2. The van der Waals surface area contributed by atoms with Crippen molar-refractivity contribution >= 4 is 12.1 Å². The number of amides is 1. The second-order valence-corrected chi connectivity index (χ2v) is 8.81. The molecule has 1 atom stereocenters. The molecule has 0 bridgehead atoms. The fourth-order valence-electron chi connectivity index (χ4n) is 3.30. The SMILES string of the molecule is Cc1cc(=O)n(-c2ccc(C[C@H](NC(=O)OCc3ccccc3)C(=O)OCC(C)C)cn2)c(=O)n1C. The Morgan fingerprint density at radius 3 is 2.39 bits per heavy atom. The molecule has 2 heterocycles. The highest BCUT2D eigenvalue weighted by Gasteiger charge is 2.24. The molecule has 2 aromatic heterocycles. The minimum Gasteiger partial charge on any atom is -0.464 e. The largest absolute Gasteiger partial charge is 0.464 e. The van der Waals surface area contributed by atoms with Crippen LogP contribution in [0, 0.1) is 12.8 Å². The average Bonchev–Trinajstić information content (AvgIpc) is 2.86. The summed E-state index contributed by atoms with van der Waals surface area (Å²) in [5.74, 6) is -0.331. The maximum Gasteiger partial charge on any atom is 0.408 e. The van der Waals surface area contributed by atoms with E-state index in [-0.39, 0.29) is 31.4 Å². The molecular formula is C26H30N4O6. The van der Waals surface area contributed by atoms with Crippen molar-refractivity contribution in [2.45, 2.75) is 39.8 Å². The number of aryl methyl sites for hydroxylation is 1. The molecule has 3 aromatic rings. The normalized spacial score (nSPS) is 11.7. The van der Waals surface area contributed by atoms with E-state index in [0.717, 1.165) is 10.1 Å². The fourth-order valence-corrected chi connectivity index (χ4v) is 3.30. The number of alkyl carbamates (subject to hydrolysis) is 1. The predicted molar refractivity (Wildman–Crippen MR) is 133 cm³/mol. The van der Waals surface area contributed by atoms with Crippen molar-refractivity contribution < 1.29 is 19.1 Å². The molecule has 190 valence electrons. The van der Waals surface area contributed by atoms with Crippen molar-refractivity contribution in [2.24, 2.45) is 13.0 Å². The number of ether oxygens (including phenoxy) is 2. The molecule has 36 heavy (non-hydrogen) atoms. The summed E-state index contributed by atoms with van der Waals surface area (Å²) < 4.78 is 12.9. The summed E-state index contributed by atoms with van der Waals surface area (Å²) >= 11 is 0. The monoisotopic (exact) mass is 494 g/mol. The Morgan fingerprint density at radius 2 is 1.75 bits per heavy atom. The molecule has 0 saturated carbocycles. The van der Waals surface area contributed by atoms with E-state index in [0.29, 0.717) is 11.3 Å². The number of carbonyl (C=O) groups is 2. The van der Waals surface area contributed by atoms with E-state index in [4.69, 9.17) is 9.47 Å². The second-order valence-electron chi connectivity index (χ2n) is 8.81. The number of carbonyl (C=O) groups excluding carboxylic acids is 2. The molecule has 0 radical (unpaired) electrons. The Kier molecular flexibility index (Phi) is 8.77. The number of hydrogen-bond donors (Lipinski definition) is 1. The minimum atomic E-state index is -1.02. The third-order valence-corrected chi connectivity index (χ3v) is 5.39. The van der Waals surface area contributed by atoms with Gasteiger partial charge >= 0.3 is 17.8 Å². The molecule has 1 N–H and O–H groups in total. The van der Waals surface area contributed by atoms with Crippen molar-refractivity contribution in [3.05, 3.63) is 92.4 Å². The lowest BCUT2D eigenvalue weighted by Crippen LogP contribution is -2.44. The highest BCUT2D eigenvalue weighted by atomic mass is 16.6. The van der Waals surface area contributed by atoms with Crippen molar-refractivity contribution in [1.29, 1.82) is 0 Å². The van der Waals surface area contributed by atoms with E-state index in [1.165, 1.54) is 22.9 Å². The zero-order valence-corrected chi connectivity index (χ0v) is 20.8. The van der Waals surface area contributed by atoms with E-state index < -0.39 is 29.4 Å². The molecular weight excluding hydrogens is 464 g/mol. The van der Waals surface area contributed by atoms with Gasteiger partial charge in [0.1, 0.15) is 18.5 Å². The predicted octanol–water partition coefficient (Wildman–Crippen LogP) is 2.28. The summed E-state index contributed by atoms with van der Waals surface area (Å²) in [4.78, 5) is 54.2. The first-order valence-corrected chi connectivity index (χ1v) is 11.5. The quantitative estimate of drug-likeness (QED) is 0.453. The standard InChI is InChI=1S/C26H30N4O6/c1-17(2)15-35-24(32)21(28-25(33)36-16-19-8-6-5-7-9-19)13-20-10-11-22(27-14-20)30-23(31)12-18(3)29(4)26(30)34/h5-12,14,17,21H,13,15-16H2,1-4H3,(H,28,33)/t21-/m0/s1. The second kappa shape index (κ2) is 12.0. The van der Waals surface area contributed by atoms with Gasteiger partial charge in [-0.3, -0.25) is 4.79 Å². The molecule has 0 saturated heterocycles. The molecule has 0 aliphatic rings. The maximum absolute atomic E-state index is 12.7. The topological polar surface area (TPSA) is 122 Å². The van der Waals surface area contributed by atoms with Gasteiger partial charge in [0.2, 0.25) is 0 Å². The molecule has 0 spiro atoms. The zero-order valence-electron chi connectivity index (χ0n) is 20.8. The first-order valence-electron chi connectivity index (χ1n) is 11.5. The van der Waals surface area contributed by atoms with Crippen LogP contribution >= 0.6 is 0 Å². The third kappa shape index (κ3) is 6.91. The van der Waals surface area contributed by atoms with Crippen molar-refractivity contribution in [2.75, 3.05) is 6.61 Å². The third-order valence-electron chi connectivity index (χ3n) is 5.39. The van der Waals surface area contributed by atoms with Gasteiger partial charge in [-0.25, -0.2) is 23.9 Å². The number of nitrogens with zero attached hydrogens (tertiary/aromatic N) is 3. The van der Waals surface area contributed by atoms with Crippen LogP contribution in [-0.4, -0.2) is 38.8 Å². The van der Waals surface area contributed by atoms with Gasteiger partial charge in [0, 0.05) is 31.4 Å². The molecule has 0 aliphatic heterocycles. The number of benzene rings is 1. The van der Waals surface area contributed by atoms with E-state index >= 15 is 0 Å². The van der Waals surface area contributed by atoms with Crippen molar-refractivity contribution in [3.8, 4) is 5.82 Å². The van der Waals surface area contributed by atoms with Gasteiger partial charge in [-0.05, 0) is 30.0 Å². The lowest BCUT2D eigenvalue weighted by atomic mass is 10.1. The molecule has 0 aliphatic carbocycles. The molecule has 1 amide bonds. The lowest BCUT2D eigenvalue weighted by Gasteiger charge is -2.18. The summed E-state index contributed by atoms with van der Waals surface area (Å²) in [6, 6.07) is 12.6. The van der Waals surface area contributed by atoms with Gasteiger partial charge in [-0.2, -0.15) is 0 Å². The van der Waals surface area contributed by atoms with Crippen molar-refractivity contribution in [3.63, 3.8) is 0 Å². The van der Waals surface area contributed by atoms with E-state index in [1.54, 1.807) is 20.0 Å². The molecule has 3 rings (SSSR count). The zero-order chi connectivity index (χ0) is 26.2. The van der Waals surface area contributed by atoms with Crippen LogP contribution in [-0.2, 0) is 34.3 Å². The van der Waals surface area contributed by atoms with Gasteiger partial charge in [0.15, 0.2) is 0 Å². The summed E-state index contributed by atoms with van der Waals surface area (Å²) in [5.41, 5.74) is 0.923. The Bertz CT molecular complexity index is 1310. The summed E-state index contributed by atoms with van der Waals surface area (Å²) in [6.07, 6.45) is 0.760. The number of esters is 1. The summed E-state index contributed by atoms with van der Waals surface area (Å²) in [7, 11) is 1.57. The van der Waals surface area contributed by atoms with Crippen LogP contribution in [0.5, 0.6) is 0 Å².